The van der Waals surface area contributed by atoms with Gasteiger partial charge in [-0.1, -0.05) is 18.5 Å². The molecule has 104 valence electrons. The lowest BCUT2D eigenvalue weighted by atomic mass is 10.2. The van der Waals surface area contributed by atoms with Crippen LogP contribution < -0.4 is 5.32 Å². The molecule has 0 unspecified atom stereocenters. The van der Waals surface area contributed by atoms with Crippen LogP contribution in [0.25, 0.3) is 0 Å². The van der Waals surface area contributed by atoms with Gasteiger partial charge in [0.1, 0.15) is 5.76 Å². The standard InChI is InChI=1S/C14H12ClNO4/c1-2-9-4-6-12(20-9)13(17)16-11-7-8(14(18)19)3-5-10(11)15/h3-7H,2H2,1H3,(H,16,17)(H,18,19). The van der Waals surface area contributed by atoms with E-state index in [-0.39, 0.29) is 22.0 Å². The molecule has 2 rings (SSSR count). The number of hydrogen-bond donors (Lipinski definition) is 2. The van der Waals surface area contributed by atoms with E-state index in [0.29, 0.717) is 12.2 Å². The van der Waals surface area contributed by atoms with E-state index in [1.165, 1.54) is 18.2 Å². The summed E-state index contributed by atoms with van der Waals surface area (Å²) < 4.78 is 5.31. The number of amides is 1. The number of aromatic carboxylic acids is 1. The second-order valence-corrected chi connectivity index (χ2v) is 4.48. The van der Waals surface area contributed by atoms with Gasteiger partial charge in [-0.05, 0) is 30.3 Å². The first-order valence-electron chi connectivity index (χ1n) is 5.94. The van der Waals surface area contributed by atoms with E-state index in [2.05, 4.69) is 5.32 Å². The molecule has 1 aromatic carbocycles. The number of carbonyl (C=O) groups excluding carboxylic acids is 1. The average Bonchev–Trinajstić information content (AvgIpc) is 2.89. The van der Waals surface area contributed by atoms with Crippen molar-refractivity contribution in [1.82, 2.24) is 0 Å². The van der Waals surface area contributed by atoms with E-state index < -0.39 is 11.9 Å². The monoisotopic (exact) mass is 293 g/mol. The van der Waals surface area contributed by atoms with Crippen molar-refractivity contribution in [3.63, 3.8) is 0 Å². The zero-order valence-electron chi connectivity index (χ0n) is 10.6. The van der Waals surface area contributed by atoms with Crippen LogP contribution in [-0.2, 0) is 6.42 Å². The second kappa shape index (κ2) is 5.79. The van der Waals surface area contributed by atoms with Crippen LogP contribution in [0, 0.1) is 0 Å². The van der Waals surface area contributed by atoms with Crippen molar-refractivity contribution in [1.29, 1.82) is 0 Å². The fraction of sp³-hybridized carbons (Fsp3) is 0.143. The fourth-order valence-corrected chi connectivity index (χ4v) is 1.79. The van der Waals surface area contributed by atoms with Gasteiger partial charge in [0.15, 0.2) is 5.76 Å². The topological polar surface area (TPSA) is 79.5 Å². The van der Waals surface area contributed by atoms with Crippen molar-refractivity contribution in [2.24, 2.45) is 0 Å². The van der Waals surface area contributed by atoms with Gasteiger partial charge in [-0.25, -0.2) is 4.79 Å². The van der Waals surface area contributed by atoms with Gasteiger partial charge in [0, 0.05) is 6.42 Å². The average molecular weight is 294 g/mol. The maximum absolute atomic E-state index is 12.0. The van der Waals surface area contributed by atoms with E-state index in [9.17, 15) is 9.59 Å². The Morgan fingerprint density at radius 2 is 2.05 bits per heavy atom. The largest absolute Gasteiger partial charge is 0.478 e. The number of aryl methyl sites for hydroxylation is 1. The predicted molar refractivity (Wildman–Crippen MR) is 74.5 cm³/mol. The Labute approximate surface area is 120 Å². The summed E-state index contributed by atoms with van der Waals surface area (Å²) in [7, 11) is 0. The molecule has 2 N–H and O–H groups in total. The van der Waals surface area contributed by atoms with Crippen molar-refractivity contribution >= 4 is 29.2 Å². The maximum Gasteiger partial charge on any atom is 0.335 e. The quantitative estimate of drug-likeness (QED) is 0.905. The van der Waals surface area contributed by atoms with E-state index in [1.807, 2.05) is 6.92 Å². The minimum Gasteiger partial charge on any atom is -0.478 e. The number of carbonyl (C=O) groups is 2. The summed E-state index contributed by atoms with van der Waals surface area (Å²) in [5.41, 5.74) is 0.268. The van der Waals surface area contributed by atoms with Crippen LogP contribution in [0.4, 0.5) is 5.69 Å². The summed E-state index contributed by atoms with van der Waals surface area (Å²) >= 11 is 5.93. The lowest BCUT2D eigenvalue weighted by Crippen LogP contribution is -2.12. The molecule has 6 heteroatoms. The van der Waals surface area contributed by atoms with Crippen LogP contribution in [-0.4, -0.2) is 17.0 Å². The Bertz CT molecular complexity index is 663. The lowest BCUT2D eigenvalue weighted by Gasteiger charge is -2.06. The zero-order valence-corrected chi connectivity index (χ0v) is 11.4. The first-order chi connectivity index (χ1) is 9.51. The van der Waals surface area contributed by atoms with Crippen LogP contribution in [0.15, 0.2) is 34.7 Å². The highest BCUT2D eigenvalue weighted by molar-refractivity contribution is 6.34. The molecule has 0 bridgehead atoms. The van der Waals surface area contributed by atoms with Crippen molar-refractivity contribution in [2.45, 2.75) is 13.3 Å². The summed E-state index contributed by atoms with van der Waals surface area (Å²) in [5.74, 6) is -0.725. The minimum atomic E-state index is -1.09. The summed E-state index contributed by atoms with van der Waals surface area (Å²) in [6.45, 7) is 1.91. The van der Waals surface area contributed by atoms with Gasteiger partial charge in [0.25, 0.3) is 5.91 Å². The third-order valence-corrected chi connectivity index (χ3v) is 3.03. The highest BCUT2D eigenvalue weighted by Crippen LogP contribution is 2.24. The van der Waals surface area contributed by atoms with Crippen LogP contribution in [0.2, 0.25) is 5.02 Å². The molecular weight excluding hydrogens is 282 g/mol. The number of nitrogens with one attached hydrogen (secondary N) is 1. The lowest BCUT2D eigenvalue weighted by molar-refractivity contribution is 0.0696. The third-order valence-electron chi connectivity index (χ3n) is 2.70. The number of halogens is 1. The predicted octanol–water partition coefficient (Wildman–Crippen LogP) is 3.45. The number of benzene rings is 1. The normalized spacial score (nSPS) is 10.3. The molecule has 2 aromatic rings. The molecule has 1 heterocycles. The van der Waals surface area contributed by atoms with Crippen molar-refractivity contribution in [2.75, 3.05) is 5.32 Å². The number of carboxylic acids is 1. The van der Waals surface area contributed by atoms with E-state index in [0.717, 1.165) is 0 Å². The molecule has 20 heavy (non-hydrogen) atoms. The summed E-state index contributed by atoms with van der Waals surface area (Å²) in [6, 6.07) is 7.35. The van der Waals surface area contributed by atoms with Crippen LogP contribution >= 0.6 is 11.6 Å². The molecule has 1 amide bonds. The highest BCUT2D eigenvalue weighted by Gasteiger charge is 2.14. The maximum atomic E-state index is 12.0. The van der Waals surface area contributed by atoms with Gasteiger partial charge in [0.2, 0.25) is 0 Å². The van der Waals surface area contributed by atoms with Gasteiger partial charge in [-0.3, -0.25) is 4.79 Å². The van der Waals surface area contributed by atoms with Gasteiger partial charge in [-0.15, -0.1) is 0 Å². The van der Waals surface area contributed by atoms with E-state index in [4.69, 9.17) is 21.1 Å². The molecule has 0 saturated carbocycles. The van der Waals surface area contributed by atoms with Crippen LogP contribution in [0.3, 0.4) is 0 Å². The minimum absolute atomic E-state index is 0.0402. The second-order valence-electron chi connectivity index (χ2n) is 4.07. The number of furan rings is 1. The first kappa shape index (κ1) is 14.1. The number of anilines is 1. The Hall–Kier alpha value is -2.27. The summed E-state index contributed by atoms with van der Waals surface area (Å²) in [4.78, 5) is 22.9. The zero-order chi connectivity index (χ0) is 14.7. The fourth-order valence-electron chi connectivity index (χ4n) is 1.63. The van der Waals surface area contributed by atoms with Gasteiger partial charge < -0.3 is 14.8 Å². The number of hydrogen-bond acceptors (Lipinski definition) is 3. The molecule has 0 aliphatic rings. The van der Waals surface area contributed by atoms with Gasteiger partial charge in [0.05, 0.1) is 16.3 Å². The van der Waals surface area contributed by atoms with E-state index >= 15 is 0 Å². The number of carboxylic acid groups (broad SMARTS) is 1. The number of rotatable bonds is 4. The molecule has 0 aliphatic heterocycles. The Morgan fingerprint density at radius 3 is 2.65 bits per heavy atom. The van der Waals surface area contributed by atoms with E-state index in [1.54, 1.807) is 12.1 Å². The molecule has 0 radical (unpaired) electrons. The molecule has 0 aliphatic carbocycles. The molecule has 0 atom stereocenters. The SMILES string of the molecule is CCc1ccc(C(=O)Nc2cc(C(=O)O)ccc2Cl)o1. The summed E-state index contributed by atoms with van der Waals surface area (Å²) in [5, 5.41) is 11.7. The highest BCUT2D eigenvalue weighted by atomic mass is 35.5. The van der Waals surface area contributed by atoms with Crippen molar-refractivity contribution in [3.05, 3.63) is 52.4 Å². The first-order valence-corrected chi connectivity index (χ1v) is 6.32. The Kier molecular flexibility index (Phi) is 4.10. The third kappa shape index (κ3) is 3.00. The van der Waals surface area contributed by atoms with Crippen LogP contribution in [0.1, 0.15) is 33.6 Å². The molecule has 0 saturated heterocycles. The van der Waals surface area contributed by atoms with Gasteiger partial charge >= 0.3 is 5.97 Å². The van der Waals surface area contributed by atoms with Crippen LogP contribution in [0.5, 0.6) is 0 Å². The van der Waals surface area contributed by atoms with Gasteiger partial charge in [-0.2, -0.15) is 0 Å². The molecular formula is C14H12ClNO4. The van der Waals surface area contributed by atoms with Crippen molar-refractivity contribution in [3.8, 4) is 0 Å². The Morgan fingerprint density at radius 1 is 1.30 bits per heavy atom. The smallest absolute Gasteiger partial charge is 0.335 e. The van der Waals surface area contributed by atoms with Crippen molar-refractivity contribution < 1.29 is 19.1 Å². The molecule has 0 fully saturated rings. The molecule has 1 aromatic heterocycles. The Balaban J connectivity index is 2.22. The molecule has 5 nitrogen and oxygen atoms in total. The molecule has 0 spiro atoms. The summed E-state index contributed by atoms with van der Waals surface area (Å²) in [6.07, 6.45) is 0.683.